The molecule has 0 amide bonds. The molecule has 9 N–H and O–H groups in total. The van der Waals surface area contributed by atoms with Crippen LogP contribution in [-0.2, 0) is 9.47 Å². The minimum Gasteiger partial charge on any atom is -0.394 e. The Bertz CT molecular complexity index is 377. The molecule has 1 aliphatic heterocycles. The van der Waals surface area contributed by atoms with Gasteiger partial charge in [-0.3, -0.25) is 0 Å². The molecular formula is C12H22O11. The van der Waals surface area contributed by atoms with E-state index in [0.717, 1.165) is 0 Å². The average Bonchev–Trinajstić information content (AvgIpc) is 2.54. The zero-order valence-corrected chi connectivity index (χ0v) is 11.9. The van der Waals surface area contributed by atoms with E-state index in [4.69, 9.17) is 14.6 Å². The van der Waals surface area contributed by atoms with Crippen LogP contribution in [0.3, 0.4) is 0 Å². The highest BCUT2D eigenvalue weighted by atomic mass is 16.7. The van der Waals surface area contributed by atoms with Crippen LogP contribution in [0.1, 0.15) is 0 Å². The van der Waals surface area contributed by atoms with Gasteiger partial charge < -0.3 is 55.4 Å². The number of aliphatic hydroxyl groups is 9. The third kappa shape index (κ3) is 3.36. The van der Waals surface area contributed by atoms with Gasteiger partial charge in [-0.2, -0.15) is 0 Å². The molecule has 2 unspecified atom stereocenters. The first-order chi connectivity index (χ1) is 10.7. The summed E-state index contributed by atoms with van der Waals surface area (Å²) in [6.07, 6.45) is -18.9. The predicted octanol–water partition coefficient (Wildman–Crippen LogP) is -6.01. The van der Waals surface area contributed by atoms with Crippen LogP contribution in [0.5, 0.6) is 0 Å². The lowest BCUT2D eigenvalue weighted by atomic mass is 9.84. The van der Waals surface area contributed by atoms with Gasteiger partial charge in [-0.15, -0.1) is 0 Å². The number of ether oxygens (including phenoxy) is 2. The van der Waals surface area contributed by atoms with E-state index >= 15 is 0 Å². The summed E-state index contributed by atoms with van der Waals surface area (Å²) in [4.78, 5) is 0. The van der Waals surface area contributed by atoms with E-state index in [0.29, 0.717) is 0 Å². The monoisotopic (exact) mass is 342 g/mol. The molecular weight excluding hydrogens is 320 g/mol. The molecule has 0 radical (unpaired) electrons. The Morgan fingerprint density at radius 1 is 0.609 bits per heavy atom. The van der Waals surface area contributed by atoms with Crippen LogP contribution in [0.4, 0.5) is 0 Å². The molecule has 2 fully saturated rings. The number of hydrogen-bond acceptors (Lipinski definition) is 11. The van der Waals surface area contributed by atoms with Crippen molar-refractivity contribution in [3.05, 3.63) is 0 Å². The van der Waals surface area contributed by atoms with Gasteiger partial charge in [-0.05, 0) is 0 Å². The molecule has 11 atom stereocenters. The Morgan fingerprint density at radius 3 is 1.52 bits per heavy atom. The highest BCUT2D eigenvalue weighted by Crippen LogP contribution is 2.29. The summed E-state index contributed by atoms with van der Waals surface area (Å²) in [5.74, 6) is 0. The minimum absolute atomic E-state index is 0.704. The number of aliphatic hydroxyl groups excluding tert-OH is 9. The second-order valence-corrected chi connectivity index (χ2v) is 5.75. The molecule has 23 heavy (non-hydrogen) atoms. The summed E-state index contributed by atoms with van der Waals surface area (Å²) in [5, 5.41) is 86.6. The largest absolute Gasteiger partial charge is 0.394 e. The van der Waals surface area contributed by atoms with Crippen molar-refractivity contribution in [3.8, 4) is 0 Å². The molecule has 11 nitrogen and oxygen atoms in total. The Kier molecular flexibility index (Phi) is 5.92. The van der Waals surface area contributed by atoms with Gasteiger partial charge in [-0.1, -0.05) is 0 Å². The summed E-state index contributed by atoms with van der Waals surface area (Å²) in [6.45, 7) is -0.704. The van der Waals surface area contributed by atoms with Crippen LogP contribution in [0, 0.1) is 0 Å². The van der Waals surface area contributed by atoms with Crippen molar-refractivity contribution in [1.29, 1.82) is 0 Å². The van der Waals surface area contributed by atoms with E-state index in [1.807, 2.05) is 0 Å². The fraction of sp³-hybridized carbons (Fsp3) is 1.00. The number of rotatable bonds is 3. The molecule has 1 aliphatic carbocycles. The Hall–Kier alpha value is -0.440. The molecule has 0 aromatic heterocycles. The van der Waals surface area contributed by atoms with Gasteiger partial charge >= 0.3 is 0 Å². The van der Waals surface area contributed by atoms with Gasteiger partial charge in [0.2, 0.25) is 0 Å². The van der Waals surface area contributed by atoms with Crippen molar-refractivity contribution < 1.29 is 55.4 Å². The van der Waals surface area contributed by atoms with Crippen molar-refractivity contribution in [3.63, 3.8) is 0 Å². The predicted molar refractivity (Wildman–Crippen MR) is 68.7 cm³/mol. The highest BCUT2D eigenvalue weighted by Gasteiger charge is 2.52. The van der Waals surface area contributed by atoms with Gasteiger partial charge in [0, 0.05) is 0 Å². The van der Waals surface area contributed by atoms with Crippen molar-refractivity contribution >= 4 is 0 Å². The third-order valence-corrected chi connectivity index (χ3v) is 4.21. The Morgan fingerprint density at radius 2 is 1.04 bits per heavy atom. The van der Waals surface area contributed by atoms with E-state index in [1.54, 1.807) is 0 Å². The smallest absolute Gasteiger partial charge is 0.187 e. The molecule has 1 saturated carbocycles. The molecule has 136 valence electrons. The minimum atomic E-state index is -1.83. The topological polar surface area (TPSA) is 201 Å². The molecule has 0 bridgehead atoms. The van der Waals surface area contributed by atoms with Crippen LogP contribution in [0.25, 0.3) is 0 Å². The van der Waals surface area contributed by atoms with Gasteiger partial charge in [-0.25, -0.2) is 0 Å². The van der Waals surface area contributed by atoms with Gasteiger partial charge in [0.15, 0.2) is 6.29 Å². The van der Waals surface area contributed by atoms with E-state index in [-0.39, 0.29) is 0 Å². The van der Waals surface area contributed by atoms with E-state index in [9.17, 15) is 40.9 Å². The average molecular weight is 342 g/mol. The van der Waals surface area contributed by atoms with Gasteiger partial charge in [0.1, 0.15) is 61.0 Å². The summed E-state index contributed by atoms with van der Waals surface area (Å²) in [6, 6.07) is 0. The second-order valence-electron chi connectivity index (χ2n) is 5.75. The lowest BCUT2D eigenvalue weighted by Gasteiger charge is -2.45. The normalized spacial score (nSPS) is 54.9. The van der Waals surface area contributed by atoms with Crippen LogP contribution < -0.4 is 0 Å². The molecule has 0 aromatic rings. The van der Waals surface area contributed by atoms with E-state index < -0.39 is 73.9 Å². The van der Waals surface area contributed by atoms with Gasteiger partial charge in [0.25, 0.3) is 0 Å². The first-order valence-corrected chi connectivity index (χ1v) is 7.07. The lowest BCUT2D eigenvalue weighted by molar-refractivity contribution is -0.339. The lowest BCUT2D eigenvalue weighted by Crippen LogP contribution is -2.67. The summed E-state index contributed by atoms with van der Waals surface area (Å²) in [5.41, 5.74) is 0. The molecule has 11 heteroatoms. The second kappa shape index (κ2) is 7.21. The Labute approximate surface area is 130 Å². The Balaban J connectivity index is 2.13. The SMILES string of the molecule is OC[C@@H]1O[C@@H](OC2[C@H](O)[C@H](O)C(O)[C@H](O)[C@H]2O)[C@@H](O)[C@H](O)[C@@H]1O. The van der Waals surface area contributed by atoms with Crippen molar-refractivity contribution in [2.75, 3.05) is 6.61 Å². The fourth-order valence-electron chi connectivity index (χ4n) is 2.69. The standard InChI is InChI=1S/C12H22O11/c13-1-2-3(14)4(15)10(21)12(22-2)23-11-8(19)6(17)5(16)7(18)9(11)20/h2-21H,1H2/t2-,3+,4+,5?,6-,7+,8+,9+,10-,11?,12-/m0/s1. The maximum Gasteiger partial charge on any atom is 0.187 e. The van der Waals surface area contributed by atoms with E-state index in [2.05, 4.69) is 0 Å². The summed E-state index contributed by atoms with van der Waals surface area (Å²) >= 11 is 0. The summed E-state index contributed by atoms with van der Waals surface area (Å²) in [7, 11) is 0. The maximum absolute atomic E-state index is 9.85. The zero-order valence-electron chi connectivity index (χ0n) is 11.9. The highest BCUT2D eigenvalue weighted by molar-refractivity contribution is 5.00. The summed E-state index contributed by atoms with van der Waals surface area (Å²) < 4.78 is 10.2. The molecule has 1 saturated heterocycles. The zero-order chi connectivity index (χ0) is 17.5. The first kappa shape index (κ1) is 18.9. The number of hydrogen-bond donors (Lipinski definition) is 9. The maximum atomic E-state index is 9.85. The molecule has 2 aliphatic rings. The molecule has 1 heterocycles. The third-order valence-electron chi connectivity index (χ3n) is 4.21. The van der Waals surface area contributed by atoms with E-state index in [1.165, 1.54) is 0 Å². The van der Waals surface area contributed by atoms with Crippen LogP contribution in [0.15, 0.2) is 0 Å². The van der Waals surface area contributed by atoms with Crippen LogP contribution in [0.2, 0.25) is 0 Å². The quantitative estimate of drug-likeness (QED) is 0.236. The molecule has 0 aromatic carbocycles. The van der Waals surface area contributed by atoms with Crippen molar-refractivity contribution in [1.82, 2.24) is 0 Å². The van der Waals surface area contributed by atoms with Crippen LogP contribution >= 0.6 is 0 Å². The molecule has 0 spiro atoms. The van der Waals surface area contributed by atoms with Crippen molar-refractivity contribution in [2.45, 2.75) is 67.3 Å². The van der Waals surface area contributed by atoms with Gasteiger partial charge in [0.05, 0.1) is 6.61 Å². The first-order valence-electron chi connectivity index (χ1n) is 7.07. The molecule has 2 rings (SSSR count). The van der Waals surface area contributed by atoms with Crippen LogP contribution in [-0.4, -0.2) is 120 Å². The fourth-order valence-corrected chi connectivity index (χ4v) is 2.69. The van der Waals surface area contributed by atoms with Crippen molar-refractivity contribution in [2.24, 2.45) is 0 Å².